The minimum Gasteiger partial charge on any atom is -0.477 e. The molecule has 7 heteroatoms. The quantitative estimate of drug-likeness (QED) is 0.215. The van der Waals surface area contributed by atoms with Crippen LogP contribution in [0.2, 0.25) is 0 Å². The van der Waals surface area contributed by atoms with Gasteiger partial charge < -0.3 is 15.2 Å². The molecule has 0 amide bonds. The number of hydrogen-bond donors (Lipinski definition) is 2. The number of hydrogen-bond acceptors (Lipinski definition) is 6. The van der Waals surface area contributed by atoms with Crippen molar-refractivity contribution in [3.8, 4) is 5.88 Å². The molecule has 4 rings (SSSR count). The van der Waals surface area contributed by atoms with E-state index in [9.17, 15) is 4.79 Å². The normalized spacial score (nSPS) is 15.2. The summed E-state index contributed by atoms with van der Waals surface area (Å²) in [5.74, 6) is 0.722. The standard InChI is InChI=1S/C17H32N2S.C13H15NO3/c1-5-6-7-8-9-10-11-12-13-19-17(3,4)16-18-14-15(2)20-16;15-13(16)11-6-5-10(9-3-4-9)12(14-11)17-7-8-1-2-8/h14,19H,5-13H2,1-4H3;5-6,8-9H,1-4,7H2,(H,15,16). The van der Waals surface area contributed by atoms with E-state index in [-0.39, 0.29) is 11.2 Å². The molecule has 2 aliphatic rings. The highest BCUT2D eigenvalue weighted by Gasteiger charge is 2.30. The average Bonchev–Trinajstić information content (AvgIpc) is 3.81. The molecule has 0 spiro atoms. The first-order valence-corrected chi connectivity index (χ1v) is 15.2. The molecule has 2 aromatic rings. The van der Waals surface area contributed by atoms with Gasteiger partial charge in [0, 0.05) is 16.6 Å². The lowest BCUT2D eigenvalue weighted by atomic mass is 10.1. The molecular formula is C30H47N3O3S. The molecule has 0 aromatic carbocycles. The molecule has 0 bridgehead atoms. The molecule has 2 aliphatic carbocycles. The van der Waals surface area contributed by atoms with Crippen LogP contribution in [-0.2, 0) is 5.54 Å². The number of thiazole rings is 1. The van der Waals surface area contributed by atoms with Gasteiger partial charge in [0.25, 0.3) is 0 Å². The average molecular weight is 530 g/mol. The highest BCUT2D eigenvalue weighted by Crippen LogP contribution is 2.44. The molecule has 2 fully saturated rings. The van der Waals surface area contributed by atoms with Crippen molar-refractivity contribution in [2.24, 2.45) is 5.92 Å². The number of ether oxygens (including phenoxy) is 1. The minimum atomic E-state index is -0.997. The van der Waals surface area contributed by atoms with E-state index in [4.69, 9.17) is 9.84 Å². The zero-order valence-electron chi connectivity index (χ0n) is 23.4. The molecule has 206 valence electrons. The van der Waals surface area contributed by atoms with Gasteiger partial charge in [-0.3, -0.25) is 0 Å². The molecule has 2 N–H and O–H groups in total. The number of rotatable bonds is 16. The number of carbonyl (C=O) groups is 1. The van der Waals surface area contributed by atoms with Crippen LogP contribution in [0.3, 0.4) is 0 Å². The van der Waals surface area contributed by atoms with Gasteiger partial charge in [0.05, 0.1) is 12.1 Å². The predicted molar refractivity (Wildman–Crippen MR) is 152 cm³/mol. The smallest absolute Gasteiger partial charge is 0.354 e. The van der Waals surface area contributed by atoms with Crippen molar-refractivity contribution in [3.63, 3.8) is 0 Å². The van der Waals surface area contributed by atoms with Gasteiger partial charge in [-0.25, -0.2) is 14.8 Å². The van der Waals surface area contributed by atoms with E-state index in [2.05, 4.69) is 43.0 Å². The molecule has 2 saturated carbocycles. The number of carboxylic acid groups (broad SMARTS) is 1. The van der Waals surface area contributed by atoms with Gasteiger partial charge in [0.2, 0.25) is 5.88 Å². The van der Waals surface area contributed by atoms with Crippen LogP contribution in [0.25, 0.3) is 0 Å². The summed E-state index contributed by atoms with van der Waals surface area (Å²) in [7, 11) is 0. The van der Waals surface area contributed by atoms with Gasteiger partial charge in [0.15, 0.2) is 5.69 Å². The zero-order valence-corrected chi connectivity index (χ0v) is 24.2. The Hall–Kier alpha value is -1.99. The third-order valence-corrected chi connectivity index (χ3v) is 8.27. The van der Waals surface area contributed by atoms with E-state index in [0.717, 1.165) is 24.9 Å². The van der Waals surface area contributed by atoms with Crippen molar-refractivity contribution in [2.75, 3.05) is 13.2 Å². The zero-order chi connectivity index (χ0) is 26.7. The topological polar surface area (TPSA) is 84.3 Å². The Labute approximate surface area is 227 Å². The Balaban J connectivity index is 0.000000207. The summed E-state index contributed by atoms with van der Waals surface area (Å²) in [6.45, 7) is 10.6. The number of nitrogens with one attached hydrogen (secondary N) is 1. The van der Waals surface area contributed by atoms with E-state index >= 15 is 0 Å². The SMILES string of the molecule is CCCCCCCCCCNC(C)(C)c1ncc(C)s1.O=C(O)c1ccc(C2CC2)c(OCC2CC2)n1. The van der Waals surface area contributed by atoms with Gasteiger partial charge in [-0.2, -0.15) is 0 Å². The van der Waals surface area contributed by atoms with Crippen LogP contribution >= 0.6 is 11.3 Å². The summed E-state index contributed by atoms with van der Waals surface area (Å²) in [4.78, 5) is 20.8. The molecule has 0 atom stereocenters. The molecule has 37 heavy (non-hydrogen) atoms. The lowest BCUT2D eigenvalue weighted by Crippen LogP contribution is -2.37. The lowest BCUT2D eigenvalue weighted by molar-refractivity contribution is 0.0689. The Kier molecular flexibility index (Phi) is 11.8. The van der Waals surface area contributed by atoms with Crippen molar-refractivity contribution in [3.05, 3.63) is 39.5 Å². The minimum absolute atomic E-state index is 0.0139. The summed E-state index contributed by atoms with van der Waals surface area (Å²) in [5, 5.41) is 13.8. The highest BCUT2D eigenvalue weighted by molar-refractivity contribution is 7.11. The Bertz CT molecular complexity index is 967. The summed E-state index contributed by atoms with van der Waals surface area (Å²) in [6, 6.07) is 3.43. The molecule has 6 nitrogen and oxygen atoms in total. The lowest BCUT2D eigenvalue weighted by Gasteiger charge is -2.23. The maximum absolute atomic E-state index is 10.9. The van der Waals surface area contributed by atoms with Gasteiger partial charge in [0.1, 0.15) is 5.01 Å². The van der Waals surface area contributed by atoms with Gasteiger partial charge in [-0.1, -0.05) is 57.9 Å². The van der Waals surface area contributed by atoms with Crippen molar-refractivity contribution in [1.82, 2.24) is 15.3 Å². The molecule has 0 aliphatic heterocycles. The fourth-order valence-corrected chi connectivity index (χ4v) is 5.09. The third kappa shape index (κ3) is 10.7. The van der Waals surface area contributed by atoms with Crippen LogP contribution in [0.1, 0.15) is 130 Å². The molecule has 0 saturated heterocycles. The second-order valence-corrected chi connectivity index (χ2v) is 12.5. The molecule has 0 unspecified atom stereocenters. The van der Waals surface area contributed by atoms with E-state index in [1.165, 1.54) is 74.1 Å². The predicted octanol–water partition coefficient (Wildman–Crippen LogP) is 7.86. The largest absolute Gasteiger partial charge is 0.477 e. The number of aromatic nitrogens is 2. The van der Waals surface area contributed by atoms with Crippen molar-refractivity contribution in [2.45, 2.75) is 116 Å². The van der Waals surface area contributed by atoms with Crippen LogP contribution in [0.4, 0.5) is 0 Å². The summed E-state index contributed by atoms with van der Waals surface area (Å²) >= 11 is 1.80. The Morgan fingerprint density at radius 3 is 2.32 bits per heavy atom. The van der Waals surface area contributed by atoms with Crippen LogP contribution in [0.5, 0.6) is 5.88 Å². The first-order valence-electron chi connectivity index (χ1n) is 14.3. The van der Waals surface area contributed by atoms with E-state index in [1.54, 1.807) is 17.4 Å². The summed E-state index contributed by atoms with van der Waals surface area (Å²) in [6.07, 6.45) is 17.8. The maximum Gasteiger partial charge on any atom is 0.354 e. The fraction of sp³-hybridized carbons (Fsp3) is 0.700. The number of pyridine rings is 1. The van der Waals surface area contributed by atoms with Crippen LogP contribution in [0, 0.1) is 12.8 Å². The number of aromatic carboxylic acids is 1. The molecular weight excluding hydrogens is 482 g/mol. The molecule has 0 radical (unpaired) electrons. The highest BCUT2D eigenvalue weighted by atomic mass is 32.1. The second-order valence-electron chi connectivity index (χ2n) is 11.2. The first-order chi connectivity index (χ1) is 17.8. The summed E-state index contributed by atoms with van der Waals surface area (Å²) in [5.41, 5.74) is 1.16. The van der Waals surface area contributed by atoms with Crippen molar-refractivity contribution < 1.29 is 14.6 Å². The third-order valence-electron chi connectivity index (χ3n) is 7.03. The first kappa shape index (κ1) is 29.6. The fourth-order valence-electron chi connectivity index (χ4n) is 4.25. The maximum atomic E-state index is 10.9. The molecule has 2 aromatic heterocycles. The van der Waals surface area contributed by atoms with E-state index in [1.807, 2.05) is 12.3 Å². The van der Waals surface area contributed by atoms with Crippen molar-refractivity contribution in [1.29, 1.82) is 0 Å². The Morgan fingerprint density at radius 1 is 1.08 bits per heavy atom. The van der Waals surface area contributed by atoms with Gasteiger partial charge in [-0.15, -0.1) is 11.3 Å². The number of carboxylic acids is 1. The summed E-state index contributed by atoms with van der Waals surface area (Å²) < 4.78 is 5.68. The van der Waals surface area contributed by atoms with Crippen LogP contribution in [0.15, 0.2) is 18.3 Å². The van der Waals surface area contributed by atoms with Gasteiger partial charge in [-0.05, 0) is 77.3 Å². The van der Waals surface area contributed by atoms with Gasteiger partial charge >= 0.3 is 5.97 Å². The van der Waals surface area contributed by atoms with Crippen LogP contribution < -0.4 is 10.1 Å². The van der Waals surface area contributed by atoms with Crippen LogP contribution in [-0.4, -0.2) is 34.2 Å². The number of aryl methyl sites for hydroxylation is 1. The monoisotopic (exact) mass is 529 g/mol. The number of unbranched alkanes of at least 4 members (excludes halogenated alkanes) is 7. The second kappa shape index (κ2) is 14.8. The molecule has 2 heterocycles. The number of nitrogens with zero attached hydrogens (tertiary/aromatic N) is 2. The Morgan fingerprint density at radius 2 is 1.76 bits per heavy atom. The van der Waals surface area contributed by atoms with E-state index in [0.29, 0.717) is 24.3 Å². The van der Waals surface area contributed by atoms with Crippen molar-refractivity contribution >= 4 is 17.3 Å². The van der Waals surface area contributed by atoms with E-state index < -0.39 is 5.97 Å².